The first-order valence-corrected chi connectivity index (χ1v) is 8.44. The van der Waals surface area contributed by atoms with Crippen LogP contribution in [0.3, 0.4) is 0 Å². The van der Waals surface area contributed by atoms with Gasteiger partial charge in [0.05, 0.1) is 4.88 Å². The Morgan fingerprint density at radius 3 is 2.79 bits per heavy atom. The van der Waals surface area contributed by atoms with Crippen LogP contribution in [-0.4, -0.2) is 5.78 Å². The van der Waals surface area contributed by atoms with Gasteiger partial charge in [0.2, 0.25) is 0 Å². The molecular formula is C14H8BrClOS2. The van der Waals surface area contributed by atoms with Crippen LogP contribution in [0.2, 0.25) is 5.02 Å². The Kier molecular flexibility index (Phi) is 3.76. The third-order valence-corrected chi connectivity index (χ3v) is 5.76. The predicted molar refractivity (Wildman–Crippen MR) is 86.9 cm³/mol. The van der Waals surface area contributed by atoms with E-state index in [0.29, 0.717) is 11.4 Å². The Bertz CT molecular complexity index is 731. The number of thiophene rings is 2. The predicted octanol–water partition coefficient (Wildman–Crippen LogP) is 5.80. The van der Waals surface area contributed by atoms with Gasteiger partial charge in [-0.05, 0) is 35.2 Å². The second-order valence-corrected chi connectivity index (χ2v) is 7.45. The lowest BCUT2D eigenvalue weighted by atomic mass is 10.1. The summed E-state index contributed by atoms with van der Waals surface area (Å²) in [6, 6.07) is 9.63. The standard InChI is InChI=1S/C14H8BrClOS2/c15-9-2-1-8(10(16)6-9)5-11(17)13-7-14-12(19-13)3-4-18-14/h1-4,6-7H,5H2. The number of carbonyl (C=O) groups is 1. The van der Waals surface area contributed by atoms with Crippen molar-refractivity contribution >= 4 is 65.4 Å². The number of benzene rings is 1. The lowest BCUT2D eigenvalue weighted by Crippen LogP contribution is -2.01. The van der Waals surface area contributed by atoms with Crippen molar-refractivity contribution in [2.75, 3.05) is 0 Å². The van der Waals surface area contributed by atoms with E-state index in [2.05, 4.69) is 15.9 Å². The average Bonchev–Trinajstić information content (AvgIpc) is 2.93. The number of hydrogen-bond acceptors (Lipinski definition) is 3. The van der Waals surface area contributed by atoms with Gasteiger partial charge < -0.3 is 0 Å². The van der Waals surface area contributed by atoms with Crippen molar-refractivity contribution in [1.29, 1.82) is 0 Å². The van der Waals surface area contributed by atoms with Gasteiger partial charge in [0.1, 0.15) is 0 Å². The third kappa shape index (κ3) is 2.77. The quantitative estimate of drug-likeness (QED) is 0.531. The minimum Gasteiger partial charge on any atom is -0.293 e. The molecule has 1 aromatic carbocycles. The zero-order valence-electron chi connectivity index (χ0n) is 9.65. The average molecular weight is 372 g/mol. The van der Waals surface area contributed by atoms with E-state index < -0.39 is 0 Å². The molecule has 0 N–H and O–H groups in total. The van der Waals surface area contributed by atoms with Crippen LogP contribution in [0.5, 0.6) is 0 Å². The maximum Gasteiger partial charge on any atom is 0.177 e. The number of carbonyl (C=O) groups excluding carboxylic acids is 1. The molecule has 2 aromatic heterocycles. The van der Waals surface area contributed by atoms with Crippen molar-refractivity contribution in [3.63, 3.8) is 0 Å². The van der Waals surface area contributed by atoms with Gasteiger partial charge in [-0.3, -0.25) is 4.79 Å². The Morgan fingerprint density at radius 1 is 1.21 bits per heavy atom. The van der Waals surface area contributed by atoms with Crippen molar-refractivity contribution in [2.24, 2.45) is 0 Å². The molecule has 0 unspecified atom stereocenters. The molecule has 0 spiro atoms. The van der Waals surface area contributed by atoms with Gasteiger partial charge in [0.25, 0.3) is 0 Å². The Morgan fingerprint density at radius 2 is 2.05 bits per heavy atom. The second kappa shape index (κ2) is 5.37. The molecule has 0 aliphatic rings. The molecular weight excluding hydrogens is 364 g/mol. The lowest BCUT2D eigenvalue weighted by Gasteiger charge is -2.03. The van der Waals surface area contributed by atoms with E-state index in [4.69, 9.17) is 11.6 Å². The Labute approximate surface area is 132 Å². The van der Waals surface area contributed by atoms with Crippen LogP contribution in [0, 0.1) is 0 Å². The fourth-order valence-corrected chi connectivity index (χ4v) is 4.61. The molecule has 3 rings (SSSR count). The van der Waals surface area contributed by atoms with Crippen molar-refractivity contribution in [1.82, 2.24) is 0 Å². The summed E-state index contributed by atoms with van der Waals surface area (Å²) in [7, 11) is 0. The molecule has 0 radical (unpaired) electrons. The van der Waals surface area contributed by atoms with Gasteiger partial charge in [0, 0.05) is 25.3 Å². The molecule has 0 fully saturated rings. The molecule has 0 aliphatic carbocycles. The molecule has 19 heavy (non-hydrogen) atoms. The summed E-state index contributed by atoms with van der Waals surface area (Å²) in [6.45, 7) is 0. The van der Waals surface area contributed by atoms with E-state index >= 15 is 0 Å². The van der Waals surface area contributed by atoms with E-state index in [1.54, 1.807) is 22.7 Å². The van der Waals surface area contributed by atoms with E-state index in [0.717, 1.165) is 14.9 Å². The van der Waals surface area contributed by atoms with Gasteiger partial charge >= 0.3 is 0 Å². The lowest BCUT2D eigenvalue weighted by molar-refractivity contribution is 0.0997. The highest BCUT2D eigenvalue weighted by Crippen LogP contribution is 2.31. The third-order valence-electron chi connectivity index (χ3n) is 2.78. The van der Waals surface area contributed by atoms with Gasteiger partial charge in [-0.25, -0.2) is 0 Å². The topological polar surface area (TPSA) is 17.1 Å². The van der Waals surface area contributed by atoms with Crippen LogP contribution in [0.4, 0.5) is 0 Å². The van der Waals surface area contributed by atoms with Gasteiger partial charge in [-0.15, -0.1) is 22.7 Å². The first-order valence-electron chi connectivity index (χ1n) is 5.57. The molecule has 96 valence electrons. The van der Waals surface area contributed by atoms with E-state index in [1.807, 2.05) is 35.7 Å². The number of ketones is 1. The molecule has 0 atom stereocenters. The highest BCUT2D eigenvalue weighted by atomic mass is 79.9. The Balaban J connectivity index is 1.86. The smallest absolute Gasteiger partial charge is 0.177 e. The van der Waals surface area contributed by atoms with Crippen molar-refractivity contribution < 1.29 is 4.79 Å². The minimum absolute atomic E-state index is 0.123. The number of Topliss-reactive ketones (excluding diaryl/α,β-unsaturated/α-hetero) is 1. The van der Waals surface area contributed by atoms with Crippen molar-refractivity contribution in [3.05, 3.63) is 55.6 Å². The number of rotatable bonds is 3. The summed E-state index contributed by atoms with van der Waals surface area (Å²) in [5.41, 5.74) is 0.867. The number of halogens is 2. The zero-order valence-corrected chi connectivity index (χ0v) is 13.6. The van der Waals surface area contributed by atoms with Crippen LogP contribution in [-0.2, 0) is 6.42 Å². The van der Waals surface area contributed by atoms with Gasteiger partial charge in [0.15, 0.2) is 5.78 Å². The van der Waals surface area contributed by atoms with Crippen molar-refractivity contribution in [3.8, 4) is 0 Å². The molecule has 0 saturated heterocycles. The molecule has 3 aromatic rings. The monoisotopic (exact) mass is 370 g/mol. The molecule has 0 aliphatic heterocycles. The molecule has 0 amide bonds. The molecule has 5 heteroatoms. The molecule has 0 bridgehead atoms. The normalized spacial score (nSPS) is 11.1. The highest BCUT2D eigenvalue weighted by molar-refractivity contribution is 9.10. The zero-order chi connectivity index (χ0) is 13.4. The largest absolute Gasteiger partial charge is 0.293 e. The van der Waals surface area contributed by atoms with Crippen LogP contribution < -0.4 is 0 Å². The van der Waals surface area contributed by atoms with E-state index in [9.17, 15) is 4.79 Å². The first-order chi connectivity index (χ1) is 9.13. The number of fused-ring (bicyclic) bond motifs is 1. The number of hydrogen-bond donors (Lipinski definition) is 0. The van der Waals surface area contributed by atoms with Crippen LogP contribution in [0.1, 0.15) is 15.2 Å². The van der Waals surface area contributed by atoms with Crippen molar-refractivity contribution in [2.45, 2.75) is 6.42 Å². The van der Waals surface area contributed by atoms with Crippen LogP contribution >= 0.6 is 50.2 Å². The summed E-state index contributed by atoms with van der Waals surface area (Å²) in [6.07, 6.45) is 0.347. The van der Waals surface area contributed by atoms with E-state index in [-0.39, 0.29) is 5.78 Å². The molecule has 2 heterocycles. The van der Waals surface area contributed by atoms with Gasteiger partial charge in [-0.1, -0.05) is 33.6 Å². The minimum atomic E-state index is 0.123. The highest BCUT2D eigenvalue weighted by Gasteiger charge is 2.13. The Hall–Kier alpha value is -0.680. The summed E-state index contributed by atoms with van der Waals surface area (Å²) in [5, 5.41) is 2.67. The fourth-order valence-electron chi connectivity index (χ4n) is 1.83. The molecule has 1 nitrogen and oxygen atoms in total. The van der Waals surface area contributed by atoms with Crippen LogP contribution in [0.15, 0.2) is 40.2 Å². The maximum absolute atomic E-state index is 12.3. The summed E-state index contributed by atoms with van der Waals surface area (Å²) < 4.78 is 3.27. The summed E-state index contributed by atoms with van der Waals surface area (Å²) in [4.78, 5) is 13.1. The second-order valence-electron chi connectivity index (χ2n) is 4.10. The van der Waals surface area contributed by atoms with Crippen LogP contribution in [0.25, 0.3) is 9.40 Å². The SMILES string of the molecule is O=C(Cc1ccc(Br)cc1Cl)c1cc2sccc2s1. The first kappa shape index (κ1) is 13.3. The maximum atomic E-state index is 12.3. The summed E-state index contributed by atoms with van der Waals surface area (Å²) in [5.74, 6) is 0.123. The van der Waals surface area contributed by atoms with Gasteiger partial charge in [-0.2, -0.15) is 0 Å². The molecule has 0 saturated carbocycles. The summed E-state index contributed by atoms with van der Waals surface area (Å²) >= 11 is 12.7. The van der Waals surface area contributed by atoms with E-state index in [1.165, 1.54) is 9.40 Å². The fraction of sp³-hybridized carbons (Fsp3) is 0.0714.